The highest BCUT2D eigenvalue weighted by molar-refractivity contribution is 6.00. The number of halogens is 3. The standard InChI is InChI=1S/C22H23F3N2O3/c1-12-13-6-5-9-30-19(13)8-7-14(12)20(28)26-27(22(2,3)4)21(29)15-10-17(24)18(25)11-16(15)23/h7-8,10-11H,5-6,9H2,1-4H3,(H,26,28). The summed E-state index contributed by atoms with van der Waals surface area (Å²) in [6.07, 6.45) is 1.60. The van der Waals surface area contributed by atoms with Gasteiger partial charge in [0.05, 0.1) is 17.7 Å². The van der Waals surface area contributed by atoms with Crippen LogP contribution in [0.4, 0.5) is 13.2 Å². The molecule has 0 aliphatic carbocycles. The Morgan fingerprint density at radius 3 is 2.37 bits per heavy atom. The molecule has 160 valence electrons. The van der Waals surface area contributed by atoms with Crippen LogP contribution in [-0.2, 0) is 6.42 Å². The van der Waals surface area contributed by atoms with Crippen molar-refractivity contribution >= 4 is 11.8 Å². The fourth-order valence-corrected chi connectivity index (χ4v) is 3.35. The van der Waals surface area contributed by atoms with Gasteiger partial charge >= 0.3 is 0 Å². The van der Waals surface area contributed by atoms with Gasteiger partial charge < -0.3 is 4.74 Å². The number of carbonyl (C=O) groups is 2. The molecule has 0 spiro atoms. The average Bonchev–Trinajstić information content (AvgIpc) is 2.68. The van der Waals surface area contributed by atoms with Crippen LogP contribution in [-0.4, -0.2) is 29.0 Å². The molecule has 1 heterocycles. The Morgan fingerprint density at radius 1 is 1.03 bits per heavy atom. The Hall–Kier alpha value is -3.03. The second-order valence-electron chi connectivity index (χ2n) is 8.17. The molecule has 0 fully saturated rings. The maximum atomic E-state index is 14.2. The van der Waals surface area contributed by atoms with E-state index in [-0.39, 0.29) is 0 Å². The average molecular weight is 420 g/mol. The monoisotopic (exact) mass is 420 g/mol. The van der Waals surface area contributed by atoms with E-state index < -0.39 is 40.4 Å². The minimum Gasteiger partial charge on any atom is -0.493 e. The maximum Gasteiger partial charge on any atom is 0.275 e. The summed E-state index contributed by atoms with van der Waals surface area (Å²) in [4.78, 5) is 25.9. The topological polar surface area (TPSA) is 58.6 Å². The van der Waals surface area contributed by atoms with Crippen LogP contribution in [0, 0.1) is 24.4 Å². The highest BCUT2D eigenvalue weighted by atomic mass is 19.2. The zero-order chi connectivity index (χ0) is 22.2. The molecule has 2 aromatic carbocycles. The number of carbonyl (C=O) groups excluding carboxylic acids is 2. The molecule has 1 aliphatic rings. The van der Waals surface area contributed by atoms with E-state index in [1.165, 1.54) is 0 Å². The molecular formula is C22H23F3N2O3. The van der Waals surface area contributed by atoms with E-state index in [9.17, 15) is 22.8 Å². The Bertz CT molecular complexity index is 1020. The molecule has 0 bridgehead atoms. The Kier molecular flexibility index (Phi) is 5.78. The van der Waals surface area contributed by atoms with Crippen LogP contribution >= 0.6 is 0 Å². The SMILES string of the molecule is Cc1c(C(=O)NN(C(=O)c2cc(F)c(F)cc2F)C(C)(C)C)ccc2c1CCCO2. The van der Waals surface area contributed by atoms with Crippen molar-refractivity contribution in [3.05, 3.63) is 64.0 Å². The summed E-state index contributed by atoms with van der Waals surface area (Å²) >= 11 is 0. The number of rotatable bonds is 2. The van der Waals surface area contributed by atoms with Gasteiger partial charge in [0.15, 0.2) is 11.6 Å². The fraction of sp³-hybridized carbons (Fsp3) is 0.364. The van der Waals surface area contributed by atoms with Gasteiger partial charge in [0, 0.05) is 11.6 Å². The van der Waals surface area contributed by atoms with Crippen LogP contribution in [0.5, 0.6) is 5.75 Å². The van der Waals surface area contributed by atoms with Crippen molar-refractivity contribution in [1.82, 2.24) is 10.4 Å². The van der Waals surface area contributed by atoms with Crippen molar-refractivity contribution in [3.63, 3.8) is 0 Å². The lowest BCUT2D eigenvalue weighted by atomic mass is 9.96. The van der Waals surface area contributed by atoms with Crippen LogP contribution in [0.1, 0.15) is 59.0 Å². The first-order valence-electron chi connectivity index (χ1n) is 9.56. The lowest BCUT2D eigenvalue weighted by molar-refractivity contribution is 0.0354. The minimum absolute atomic E-state index is 0.304. The number of fused-ring (bicyclic) bond motifs is 1. The molecule has 5 nitrogen and oxygen atoms in total. The molecule has 0 atom stereocenters. The van der Waals surface area contributed by atoms with Crippen LogP contribution in [0.15, 0.2) is 24.3 Å². The van der Waals surface area contributed by atoms with Gasteiger partial charge in [0.2, 0.25) is 0 Å². The maximum absolute atomic E-state index is 14.2. The Balaban J connectivity index is 1.94. The molecule has 0 saturated carbocycles. The van der Waals surface area contributed by atoms with E-state index >= 15 is 0 Å². The number of hydrogen-bond donors (Lipinski definition) is 1. The molecule has 2 aromatic rings. The van der Waals surface area contributed by atoms with Gasteiger partial charge in [-0.3, -0.25) is 15.0 Å². The first-order chi connectivity index (χ1) is 14.0. The zero-order valence-corrected chi connectivity index (χ0v) is 17.2. The first kappa shape index (κ1) is 21.7. The van der Waals surface area contributed by atoms with Crippen molar-refractivity contribution < 1.29 is 27.5 Å². The second kappa shape index (κ2) is 8.01. The molecule has 0 radical (unpaired) electrons. The van der Waals surface area contributed by atoms with Gasteiger partial charge in [-0.25, -0.2) is 18.2 Å². The molecule has 0 saturated heterocycles. The van der Waals surface area contributed by atoms with Gasteiger partial charge in [-0.05, 0) is 69.9 Å². The van der Waals surface area contributed by atoms with Gasteiger partial charge in [0.1, 0.15) is 11.6 Å². The van der Waals surface area contributed by atoms with E-state index in [1.807, 2.05) is 0 Å². The van der Waals surface area contributed by atoms with Crippen molar-refractivity contribution in [2.45, 2.75) is 46.1 Å². The number of nitrogens with zero attached hydrogens (tertiary/aromatic N) is 1. The van der Waals surface area contributed by atoms with Crippen LogP contribution in [0.25, 0.3) is 0 Å². The molecule has 2 amide bonds. The summed E-state index contributed by atoms with van der Waals surface area (Å²) in [5.41, 5.74) is 2.84. The van der Waals surface area contributed by atoms with Crippen LogP contribution in [0.3, 0.4) is 0 Å². The number of amides is 2. The number of benzene rings is 2. The van der Waals surface area contributed by atoms with Crippen LogP contribution < -0.4 is 10.2 Å². The predicted octanol–water partition coefficient (Wildman–Crippen LogP) is 4.32. The lowest BCUT2D eigenvalue weighted by Crippen LogP contribution is -2.56. The second-order valence-corrected chi connectivity index (χ2v) is 8.17. The van der Waals surface area contributed by atoms with Gasteiger partial charge in [-0.1, -0.05) is 0 Å². The summed E-state index contributed by atoms with van der Waals surface area (Å²) in [6, 6.07) is 4.09. The predicted molar refractivity (Wildman–Crippen MR) is 105 cm³/mol. The summed E-state index contributed by atoms with van der Waals surface area (Å²) in [7, 11) is 0. The van der Waals surface area contributed by atoms with E-state index in [0.29, 0.717) is 24.3 Å². The quantitative estimate of drug-likeness (QED) is 0.582. The number of nitrogens with one attached hydrogen (secondary N) is 1. The zero-order valence-electron chi connectivity index (χ0n) is 17.2. The third kappa shape index (κ3) is 4.13. The molecule has 0 aromatic heterocycles. The van der Waals surface area contributed by atoms with Gasteiger partial charge in [-0.15, -0.1) is 0 Å². The number of hydrogen-bond acceptors (Lipinski definition) is 3. The molecule has 1 N–H and O–H groups in total. The van der Waals surface area contributed by atoms with E-state index in [0.717, 1.165) is 34.7 Å². The molecule has 30 heavy (non-hydrogen) atoms. The van der Waals surface area contributed by atoms with E-state index in [1.54, 1.807) is 39.8 Å². The van der Waals surface area contributed by atoms with E-state index in [4.69, 9.17) is 4.74 Å². The highest BCUT2D eigenvalue weighted by Gasteiger charge is 2.32. The van der Waals surface area contributed by atoms with Gasteiger partial charge in [-0.2, -0.15) is 0 Å². The molecule has 0 unspecified atom stereocenters. The summed E-state index contributed by atoms with van der Waals surface area (Å²) in [6.45, 7) is 7.27. The molecule has 8 heteroatoms. The largest absolute Gasteiger partial charge is 0.493 e. The summed E-state index contributed by atoms with van der Waals surface area (Å²) in [5.74, 6) is -4.82. The normalized spacial score (nSPS) is 13.3. The smallest absolute Gasteiger partial charge is 0.275 e. The third-order valence-electron chi connectivity index (χ3n) is 4.96. The summed E-state index contributed by atoms with van der Waals surface area (Å²) < 4.78 is 46.6. The number of hydrazine groups is 1. The third-order valence-corrected chi connectivity index (χ3v) is 4.96. The van der Waals surface area contributed by atoms with Crippen molar-refractivity contribution in [3.8, 4) is 5.75 Å². The van der Waals surface area contributed by atoms with Crippen molar-refractivity contribution in [1.29, 1.82) is 0 Å². The Morgan fingerprint density at radius 2 is 1.70 bits per heavy atom. The Labute approximate surface area is 172 Å². The fourth-order valence-electron chi connectivity index (χ4n) is 3.35. The highest BCUT2D eigenvalue weighted by Crippen LogP contribution is 2.30. The van der Waals surface area contributed by atoms with Crippen molar-refractivity contribution in [2.75, 3.05) is 6.61 Å². The number of ether oxygens (including phenoxy) is 1. The van der Waals surface area contributed by atoms with E-state index in [2.05, 4.69) is 5.43 Å². The van der Waals surface area contributed by atoms with Crippen molar-refractivity contribution in [2.24, 2.45) is 0 Å². The molecule has 3 rings (SSSR count). The minimum atomic E-state index is -1.40. The summed E-state index contributed by atoms with van der Waals surface area (Å²) in [5, 5.41) is 0.917. The molecule has 1 aliphatic heterocycles. The molecular weight excluding hydrogens is 397 g/mol. The lowest BCUT2D eigenvalue weighted by Gasteiger charge is -2.35. The van der Waals surface area contributed by atoms with Crippen LogP contribution in [0.2, 0.25) is 0 Å². The van der Waals surface area contributed by atoms with Gasteiger partial charge in [0.25, 0.3) is 11.8 Å². The first-order valence-corrected chi connectivity index (χ1v) is 9.56.